The van der Waals surface area contributed by atoms with E-state index in [0.29, 0.717) is 30.8 Å². The molecule has 1 aliphatic carbocycles. The van der Waals surface area contributed by atoms with Gasteiger partial charge in [-0.2, -0.15) is 13.2 Å². The molecule has 1 aliphatic rings. The summed E-state index contributed by atoms with van der Waals surface area (Å²) in [5.74, 6) is -0.549. The average molecular weight is 477 g/mol. The van der Waals surface area contributed by atoms with Gasteiger partial charge in [0.15, 0.2) is 0 Å². The summed E-state index contributed by atoms with van der Waals surface area (Å²) in [6.07, 6.45) is 2.04. The number of benzene rings is 1. The zero-order valence-corrected chi connectivity index (χ0v) is 19.3. The number of allylic oxidation sites excluding steroid dienone is 2. The van der Waals surface area contributed by atoms with Crippen LogP contribution in [0.15, 0.2) is 47.0 Å². The van der Waals surface area contributed by atoms with Crippen molar-refractivity contribution < 1.29 is 17.6 Å². The third-order valence-corrected chi connectivity index (χ3v) is 5.95. The number of alkyl halides is 3. The summed E-state index contributed by atoms with van der Waals surface area (Å²) in [6.45, 7) is 8.52. The maximum absolute atomic E-state index is 13.5. The van der Waals surface area contributed by atoms with Gasteiger partial charge >= 0.3 is 6.18 Å². The van der Waals surface area contributed by atoms with Crippen LogP contribution in [0.5, 0.6) is 0 Å². The van der Waals surface area contributed by atoms with Gasteiger partial charge in [0.2, 0.25) is 0 Å². The van der Waals surface area contributed by atoms with E-state index in [-0.39, 0.29) is 27.5 Å². The zero-order chi connectivity index (χ0) is 23.4. The lowest BCUT2D eigenvalue weighted by Crippen LogP contribution is -2.39. The van der Waals surface area contributed by atoms with Crippen LogP contribution in [-0.4, -0.2) is 44.0 Å². The number of hydrogen-bond donors (Lipinski definition) is 0. The van der Waals surface area contributed by atoms with Crippen LogP contribution in [0.4, 0.5) is 17.6 Å². The molecule has 8 heteroatoms. The zero-order valence-electron chi connectivity index (χ0n) is 17.8. The molecular weight excluding hydrogens is 451 g/mol. The molecule has 1 aromatic rings. The van der Waals surface area contributed by atoms with E-state index in [1.54, 1.807) is 0 Å². The van der Waals surface area contributed by atoms with Crippen LogP contribution in [0, 0.1) is 11.2 Å². The molecule has 0 aromatic heterocycles. The van der Waals surface area contributed by atoms with Crippen LogP contribution >= 0.6 is 23.2 Å². The monoisotopic (exact) mass is 476 g/mol. The first-order valence-corrected chi connectivity index (χ1v) is 10.5. The van der Waals surface area contributed by atoms with Crippen LogP contribution in [0.25, 0.3) is 5.57 Å². The van der Waals surface area contributed by atoms with Crippen molar-refractivity contribution in [3.8, 4) is 0 Å². The lowest BCUT2D eigenvalue weighted by molar-refractivity contribution is -0.0919. The van der Waals surface area contributed by atoms with E-state index in [1.165, 1.54) is 25.4 Å². The van der Waals surface area contributed by atoms with Gasteiger partial charge < -0.3 is 0 Å². The molecule has 0 bridgehead atoms. The highest BCUT2D eigenvalue weighted by molar-refractivity contribution is 6.37. The van der Waals surface area contributed by atoms with Crippen LogP contribution in [-0.2, 0) is 0 Å². The van der Waals surface area contributed by atoms with Gasteiger partial charge in [-0.3, -0.25) is 9.89 Å². The molecule has 1 atom stereocenters. The molecule has 170 valence electrons. The van der Waals surface area contributed by atoms with Gasteiger partial charge in [0, 0.05) is 49.4 Å². The van der Waals surface area contributed by atoms with Gasteiger partial charge in [0.25, 0.3) is 0 Å². The maximum Gasteiger partial charge on any atom is 0.412 e. The molecule has 0 aliphatic heterocycles. The van der Waals surface area contributed by atoms with E-state index >= 15 is 0 Å². The normalized spacial score (nSPS) is 19.7. The molecule has 0 spiro atoms. The van der Waals surface area contributed by atoms with Crippen molar-refractivity contribution in [1.29, 1.82) is 0 Å². The Morgan fingerprint density at radius 1 is 1.29 bits per heavy atom. The van der Waals surface area contributed by atoms with E-state index in [4.69, 9.17) is 23.2 Å². The van der Waals surface area contributed by atoms with Crippen molar-refractivity contribution in [2.24, 2.45) is 10.4 Å². The highest BCUT2D eigenvalue weighted by Crippen LogP contribution is 2.36. The summed E-state index contributed by atoms with van der Waals surface area (Å²) >= 11 is 12.4. The Hall–Kier alpha value is -1.63. The fourth-order valence-corrected chi connectivity index (χ4v) is 4.28. The Balaban J connectivity index is 2.25. The number of hydrogen-bond acceptors (Lipinski definition) is 2. The molecule has 0 heterocycles. The minimum absolute atomic E-state index is 0.0710. The number of nitrogens with zero attached hydrogens (tertiary/aromatic N) is 2. The maximum atomic E-state index is 13.5. The lowest BCUT2D eigenvalue weighted by atomic mass is 9.77. The summed E-state index contributed by atoms with van der Waals surface area (Å²) in [5, 5.41) is 0.299. The average Bonchev–Trinajstić information content (AvgIpc) is 2.61. The summed E-state index contributed by atoms with van der Waals surface area (Å²) in [4.78, 5) is 5.81. The molecular formula is C23H26Cl2F4N2. The van der Waals surface area contributed by atoms with Crippen molar-refractivity contribution >= 4 is 35.0 Å². The fourth-order valence-electron chi connectivity index (χ4n) is 3.56. The van der Waals surface area contributed by atoms with Crippen LogP contribution in [0.1, 0.15) is 32.3 Å². The Bertz CT molecular complexity index is 896. The van der Waals surface area contributed by atoms with Crippen molar-refractivity contribution in [2.45, 2.75) is 32.9 Å². The second kappa shape index (κ2) is 10.3. The van der Waals surface area contributed by atoms with E-state index in [2.05, 4.69) is 30.6 Å². The van der Waals surface area contributed by atoms with Gasteiger partial charge in [0.1, 0.15) is 5.82 Å². The van der Waals surface area contributed by atoms with Crippen molar-refractivity contribution in [2.75, 3.05) is 26.7 Å². The van der Waals surface area contributed by atoms with E-state index in [1.807, 2.05) is 4.90 Å². The molecule has 2 nitrogen and oxygen atoms in total. The molecule has 1 aromatic carbocycles. The summed E-state index contributed by atoms with van der Waals surface area (Å²) in [5.41, 5.74) is 0.429. The van der Waals surface area contributed by atoms with E-state index in [0.717, 1.165) is 13.3 Å². The first kappa shape index (κ1) is 25.6. The topological polar surface area (TPSA) is 15.6 Å². The second-order valence-electron chi connectivity index (χ2n) is 8.10. The smallest absolute Gasteiger partial charge is 0.298 e. The minimum Gasteiger partial charge on any atom is -0.298 e. The van der Waals surface area contributed by atoms with Gasteiger partial charge in [-0.25, -0.2) is 4.39 Å². The molecule has 0 fully saturated rings. The lowest BCUT2D eigenvalue weighted by Gasteiger charge is -2.37. The Morgan fingerprint density at radius 2 is 1.87 bits per heavy atom. The van der Waals surface area contributed by atoms with Gasteiger partial charge in [-0.15, -0.1) is 0 Å². The standard InChI is InChI=1S/C23H26Cl2F4N2/c1-15(21-19(24)10-18(26)11-20(21)25)13-31(14-22(3)7-5-8-22)9-6-17(12-30-4)16(2)23(27,28)29/h5,7,10-12H,1,6,8-9,13-14H2,2-4H3/b17-16+,30-12?. The highest BCUT2D eigenvalue weighted by Gasteiger charge is 2.33. The molecule has 31 heavy (non-hydrogen) atoms. The summed E-state index contributed by atoms with van der Waals surface area (Å²) in [6, 6.07) is 2.33. The Morgan fingerprint density at radius 3 is 2.32 bits per heavy atom. The second-order valence-corrected chi connectivity index (χ2v) is 8.92. The SMILES string of the molecule is C=C(CN(CC/C(C=NC)=C(/C)C(F)(F)F)CC1(C)C=CC1)c1c(Cl)cc(F)cc1Cl. The van der Waals surface area contributed by atoms with Crippen molar-refractivity contribution in [3.63, 3.8) is 0 Å². The van der Waals surface area contributed by atoms with E-state index in [9.17, 15) is 17.6 Å². The molecule has 2 rings (SSSR count). The summed E-state index contributed by atoms with van der Waals surface area (Å²) in [7, 11) is 1.45. The summed E-state index contributed by atoms with van der Waals surface area (Å²) < 4.78 is 53.2. The third kappa shape index (κ3) is 6.93. The van der Waals surface area contributed by atoms with Gasteiger partial charge in [0.05, 0.1) is 10.0 Å². The van der Waals surface area contributed by atoms with Crippen molar-refractivity contribution in [3.05, 3.63) is 63.4 Å². The molecule has 0 saturated carbocycles. The van der Waals surface area contributed by atoms with Crippen LogP contribution in [0.2, 0.25) is 10.0 Å². The first-order chi connectivity index (χ1) is 14.4. The van der Waals surface area contributed by atoms with Gasteiger partial charge in [-0.1, -0.05) is 48.9 Å². The van der Waals surface area contributed by atoms with Crippen LogP contribution in [0.3, 0.4) is 0 Å². The predicted octanol–water partition coefficient (Wildman–Crippen LogP) is 7.38. The quantitative estimate of drug-likeness (QED) is 0.206. The molecule has 1 unspecified atom stereocenters. The number of aliphatic imine (C=N–C) groups is 1. The van der Waals surface area contributed by atoms with Gasteiger partial charge in [-0.05, 0) is 43.0 Å². The Labute approximate surface area is 190 Å². The fraction of sp³-hybridized carbons (Fsp3) is 0.435. The first-order valence-electron chi connectivity index (χ1n) is 9.78. The Kier molecular flexibility index (Phi) is 8.54. The third-order valence-electron chi connectivity index (χ3n) is 5.35. The molecule has 0 N–H and O–H groups in total. The number of halogens is 6. The van der Waals surface area contributed by atoms with Crippen LogP contribution < -0.4 is 0 Å². The van der Waals surface area contributed by atoms with Crippen molar-refractivity contribution in [1.82, 2.24) is 4.90 Å². The highest BCUT2D eigenvalue weighted by atomic mass is 35.5. The molecule has 0 saturated heterocycles. The van der Waals surface area contributed by atoms with E-state index < -0.39 is 17.6 Å². The predicted molar refractivity (Wildman–Crippen MR) is 122 cm³/mol. The largest absolute Gasteiger partial charge is 0.412 e. The minimum atomic E-state index is -4.41. The molecule has 0 amide bonds. The number of rotatable bonds is 9. The molecule has 0 radical (unpaired) electrons.